The van der Waals surface area contributed by atoms with Gasteiger partial charge in [0.15, 0.2) is 11.5 Å². The van der Waals surface area contributed by atoms with Gasteiger partial charge >= 0.3 is 0 Å². The molecule has 1 unspecified atom stereocenters. The first-order valence-corrected chi connectivity index (χ1v) is 13.5. The number of carbonyl (C=O) groups excluding carboxylic acids is 2. The summed E-state index contributed by atoms with van der Waals surface area (Å²) in [5.41, 5.74) is 4.48. The van der Waals surface area contributed by atoms with Crippen LogP contribution in [0.15, 0.2) is 91.0 Å². The van der Waals surface area contributed by atoms with E-state index in [4.69, 9.17) is 14.2 Å². The van der Waals surface area contributed by atoms with Gasteiger partial charge in [-0.3, -0.25) is 9.59 Å². The van der Waals surface area contributed by atoms with E-state index >= 15 is 0 Å². The quantitative estimate of drug-likeness (QED) is 0.272. The molecular formula is C32H29N5O5. The number of fused-ring (bicyclic) bond motifs is 2. The summed E-state index contributed by atoms with van der Waals surface area (Å²) >= 11 is 0. The van der Waals surface area contributed by atoms with Crippen molar-refractivity contribution in [2.45, 2.75) is 26.1 Å². The number of carbonyl (C=O) groups is 2. The first kappa shape index (κ1) is 26.8. The van der Waals surface area contributed by atoms with Crippen molar-refractivity contribution in [3.63, 3.8) is 0 Å². The van der Waals surface area contributed by atoms with Crippen LogP contribution in [-0.4, -0.2) is 45.6 Å². The summed E-state index contributed by atoms with van der Waals surface area (Å²) in [6.07, 6.45) is 0. The lowest BCUT2D eigenvalue weighted by Gasteiger charge is -2.32. The van der Waals surface area contributed by atoms with Crippen LogP contribution in [0.5, 0.6) is 17.2 Å². The summed E-state index contributed by atoms with van der Waals surface area (Å²) in [7, 11) is 1.58. The highest BCUT2D eigenvalue weighted by Crippen LogP contribution is 2.35. The number of hydrogen-bond donors (Lipinski definition) is 1. The third-order valence-corrected chi connectivity index (χ3v) is 7.26. The maximum Gasteiger partial charge on any atom is 0.251 e. The second-order valence-corrected chi connectivity index (χ2v) is 9.92. The molecule has 10 heteroatoms. The van der Waals surface area contributed by atoms with Crippen molar-refractivity contribution in [1.82, 2.24) is 19.9 Å². The smallest absolute Gasteiger partial charge is 0.251 e. The molecule has 1 aliphatic rings. The minimum absolute atomic E-state index is 0.101. The van der Waals surface area contributed by atoms with Gasteiger partial charge in [0, 0.05) is 18.3 Å². The first-order valence-electron chi connectivity index (χ1n) is 13.5. The number of nitrogens with one attached hydrogen (secondary N) is 1. The monoisotopic (exact) mass is 563 g/mol. The minimum atomic E-state index is -0.983. The Morgan fingerprint density at radius 3 is 2.55 bits per heavy atom. The Kier molecular flexibility index (Phi) is 7.42. The highest BCUT2D eigenvalue weighted by atomic mass is 16.7. The summed E-state index contributed by atoms with van der Waals surface area (Å²) in [5, 5.41) is 11.4. The van der Waals surface area contributed by atoms with Crippen LogP contribution in [0.4, 0.5) is 5.69 Å². The summed E-state index contributed by atoms with van der Waals surface area (Å²) in [6.45, 7) is 2.20. The SMILES string of the molecule is COc1ccc(C(C(=O)Nc2ccc3c(c2)OCO3)N(Cc2ccccc2C)C(=O)Cn2nnc3ccccc32)cc1. The fourth-order valence-corrected chi connectivity index (χ4v) is 4.99. The van der Waals surface area contributed by atoms with E-state index in [1.807, 2.05) is 55.5 Å². The van der Waals surface area contributed by atoms with Crippen LogP contribution < -0.4 is 19.5 Å². The number of ether oxygens (including phenoxy) is 3. The van der Waals surface area contributed by atoms with Gasteiger partial charge < -0.3 is 24.4 Å². The van der Waals surface area contributed by atoms with E-state index in [1.165, 1.54) is 0 Å². The van der Waals surface area contributed by atoms with E-state index < -0.39 is 6.04 Å². The first-order chi connectivity index (χ1) is 20.5. The Balaban J connectivity index is 1.40. The molecule has 4 aromatic carbocycles. The van der Waals surface area contributed by atoms with Gasteiger partial charge in [0.1, 0.15) is 23.9 Å². The van der Waals surface area contributed by atoms with E-state index in [9.17, 15) is 9.59 Å². The topological polar surface area (TPSA) is 108 Å². The Bertz CT molecular complexity index is 1750. The van der Waals surface area contributed by atoms with Gasteiger partial charge in [-0.25, -0.2) is 4.68 Å². The van der Waals surface area contributed by atoms with Crippen LogP contribution in [0, 0.1) is 6.92 Å². The van der Waals surface area contributed by atoms with Crippen LogP contribution >= 0.6 is 0 Å². The Morgan fingerprint density at radius 1 is 0.976 bits per heavy atom. The molecule has 0 spiro atoms. The predicted molar refractivity (Wildman–Crippen MR) is 156 cm³/mol. The van der Waals surface area contributed by atoms with Crippen LogP contribution in [0.3, 0.4) is 0 Å². The summed E-state index contributed by atoms with van der Waals surface area (Å²) in [6, 6.07) is 26.6. The zero-order valence-electron chi connectivity index (χ0n) is 23.2. The van der Waals surface area contributed by atoms with Crippen molar-refractivity contribution in [1.29, 1.82) is 0 Å². The lowest BCUT2D eigenvalue weighted by atomic mass is 10.0. The Hall–Kier alpha value is -5.38. The average molecular weight is 564 g/mol. The van der Waals surface area contributed by atoms with Gasteiger partial charge in [0.2, 0.25) is 12.7 Å². The molecule has 2 amide bonds. The second-order valence-electron chi connectivity index (χ2n) is 9.92. The molecule has 42 heavy (non-hydrogen) atoms. The molecule has 2 heterocycles. The number of aryl methyl sites for hydroxylation is 1. The number of benzene rings is 4. The molecule has 1 aliphatic heterocycles. The van der Waals surface area contributed by atoms with Gasteiger partial charge in [0.25, 0.3) is 5.91 Å². The predicted octanol–water partition coefficient (Wildman–Crippen LogP) is 4.89. The Labute approximate surface area is 242 Å². The van der Waals surface area contributed by atoms with Crippen LogP contribution in [0.1, 0.15) is 22.7 Å². The van der Waals surface area contributed by atoms with Crippen LogP contribution in [0.2, 0.25) is 0 Å². The zero-order chi connectivity index (χ0) is 29.1. The van der Waals surface area contributed by atoms with E-state index in [0.717, 1.165) is 16.6 Å². The molecule has 0 saturated heterocycles. The number of aromatic nitrogens is 3. The molecular weight excluding hydrogens is 534 g/mol. The van der Waals surface area contributed by atoms with Crippen molar-refractivity contribution in [3.05, 3.63) is 108 Å². The molecule has 0 fully saturated rings. The summed E-state index contributed by atoms with van der Waals surface area (Å²) < 4.78 is 17.8. The van der Waals surface area contributed by atoms with Crippen molar-refractivity contribution >= 4 is 28.5 Å². The van der Waals surface area contributed by atoms with Gasteiger partial charge in [-0.15, -0.1) is 5.10 Å². The molecule has 1 atom stereocenters. The van der Waals surface area contributed by atoms with E-state index in [2.05, 4.69) is 15.6 Å². The third kappa shape index (κ3) is 5.46. The molecule has 0 radical (unpaired) electrons. The highest BCUT2D eigenvalue weighted by molar-refractivity contribution is 5.98. The highest BCUT2D eigenvalue weighted by Gasteiger charge is 2.33. The van der Waals surface area contributed by atoms with E-state index in [0.29, 0.717) is 34.0 Å². The van der Waals surface area contributed by atoms with Crippen LogP contribution in [-0.2, 0) is 22.7 Å². The number of hydrogen-bond acceptors (Lipinski definition) is 7. The van der Waals surface area contributed by atoms with Crippen molar-refractivity contribution in [2.24, 2.45) is 0 Å². The molecule has 10 nitrogen and oxygen atoms in total. The number of para-hydroxylation sites is 1. The van der Waals surface area contributed by atoms with Gasteiger partial charge in [0.05, 0.1) is 12.6 Å². The van der Waals surface area contributed by atoms with Gasteiger partial charge in [-0.1, -0.05) is 53.7 Å². The average Bonchev–Trinajstić information content (AvgIpc) is 3.65. The molecule has 1 aromatic heterocycles. The fraction of sp³-hybridized carbons (Fsp3) is 0.188. The van der Waals surface area contributed by atoms with Crippen molar-refractivity contribution < 1.29 is 23.8 Å². The van der Waals surface area contributed by atoms with Gasteiger partial charge in [-0.2, -0.15) is 0 Å². The molecule has 0 saturated carbocycles. The largest absolute Gasteiger partial charge is 0.497 e. The maximum atomic E-state index is 14.2. The molecule has 5 aromatic rings. The number of rotatable bonds is 9. The zero-order valence-corrected chi connectivity index (χ0v) is 23.2. The van der Waals surface area contributed by atoms with E-state index in [-0.39, 0.29) is 31.7 Å². The Morgan fingerprint density at radius 2 is 1.74 bits per heavy atom. The summed E-state index contributed by atoms with van der Waals surface area (Å²) in [4.78, 5) is 30.0. The molecule has 0 bridgehead atoms. The van der Waals surface area contributed by atoms with Crippen LogP contribution in [0.25, 0.3) is 11.0 Å². The third-order valence-electron chi connectivity index (χ3n) is 7.26. The number of methoxy groups -OCH3 is 1. The maximum absolute atomic E-state index is 14.2. The number of amides is 2. The lowest BCUT2D eigenvalue weighted by molar-refractivity contribution is -0.140. The van der Waals surface area contributed by atoms with Crippen molar-refractivity contribution in [3.8, 4) is 17.2 Å². The summed E-state index contributed by atoms with van der Waals surface area (Å²) in [5.74, 6) is 1.11. The molecule has 1 N–H and O–H groups in total. The normalized spacial score (nSPS) is 12.6. The molecule has 6 rings (SSSR count). The van der Waals surface area contributed by atoms with Gasteiger partial charge in [-0.05, 0) is 60.0 Å². The standard InChI is InChI=1S/C32H29N5O5/c1-21-7-3-4-8-23(21)18-36(30(38)19-37-27-10-6-5-9-26(27)34-35-37)31(22-11-14-25(40-2)15-12-22)32(39)33-24-13-16-28-29(17-24)42-20-41-28/h3-17,31H,18-20H2,1-2H3,(H,33,39). The van der Waals surface area contributed by atoms with E-state index in [1.54, 1.807) is 59.2 Å². The molecule has 0 aliphatic carbocycles. The lowest BCUT2D eigenvalue weighted by Crippen LogP contribution is -2.42. The second kappa shape index (κ2) is 11.6. The molecule has 212 valence electrons. The minimum Gasteiger partial charge on any atom is -0.497 e. The number of nitrogens with zero attached hydrogens (tertiary/aromatic N) is 4. The van der Waals surface area contributed by atoms with Crippen molar-refractivity contribution in [2.75, 3.05) is 19.2 Å². The fourth-order valence-electron chi connectivity index (χ4n) is 4.99. The number of anilines is 1.